The van der Waals surface area contributed by atoms with Crippen LogP contribution in [-0.4, -0.2) is 16.3 Å². The molecule has 3 nitrogen and oxygen atoms in total. The van der Waals surface area contributed by atoms with Crippen LogP contribution in [0, 0.1) is 5.82 Å². The molecule has 2 aromatic rings. The summed E-state index contributed by atoms with van der Waals surface area (Å²) >= 11 is 0. The lowest BCUT2D eigenvalue weighted by Gasteiger charge is -2.20. The first-order valence-corrected chi connectivity index (χ1v) is 7.26. The van der Waals surface area contributed by atoms with Gasteiger partial charge in [-0.3, -0.25) is 4.68 Å². The molecule has 0 fully saturated rings. The summed E-state index contributed by atoms with van der Waals surface area (Å²) in [4.78, 5) is 0. The minimum Gasteiger partial charge on any atom is -0.305 e. The summed E-state index contributed by atoms with van der Waals surface area (Å²) in [5, 5.41) is 7.90. The molecule has 0 aliphatic heterocycles. The first-order valence-electron chi connectivity index (χ1n) is 7.26. The summed E-state index contributed by atoms with van der Waals surface area (Å²) in [6.07, 6.45) is 3.92. The minimum atomic E-state index is -0.204. The SMILES string of the molecule is CCCNC(c1ccc(F)cc1)c1ccnn1CCC. The summed E-state index contributed by atoms with van der Waals surface area (Å²) in [7, 11) is 0. The second-order valence-corrected chi connectivity index (χ2v) is 4.92. The van der Waals surface area contributed by atoms with E-state index < -0.39 is 0 Å². The number of hydrogen-bond donors (Lipinski definition) is 1. The van der Waals surface area contributed by atoms with Gasteiger partial charge in [0.2, 0.25) is 0 Å². The van der Waals surface area contributed by atoms with E-state index in [-0.39, 0.29) is 11.9 Å². The van der Waals surface area contributed by atoms with Crippen molar-refractivity contribution in [2.75, 3.05) is 6.54 Å². The van der Waals surface area contributed by atoms with Crippen LogP contribution in [0.2, 0.25) is 0 Å². The predicted octanol–water partition coefficient (Wildman–Crippen LogP) is 3.52. The van der Waals surface area contributed by atoms with E-state index in [1.807, 2.05) is 29.1 Å². The summed E-state index contributed by atoms with van der Waals surface area (Å²) < 4.78 is 15.1. The van der Waals surface area contributed by atoms with E-state index >= 15 is 0 Å². The van der Waals surface area contributed by atoms with Crippen molar-refractivity contribution < 1.29 is 4.39 Å². The van der Waals surface area contributed by atoms with E-state index in [0.29, 0.717) is 0 Å². The normalized spacial score (nSPS) is 12.6. The predicted molar refractivity (Wildman–Crippen MR) is 79.1 cm³/mol. The first-order chi connectivity index (χ1) is 9.76. The molecule has 1 N–H and O–H groups in total. The monoisotopic (exact) mass is 275 g/mol. The molecule has 1 atom stereocenters. The average molecular weight is 275 g/mol. The van der Waals surface area contributed by atoms with Gasteiger partial charge >= 0.3 is 0 Å². The molecule has 0 aliphatic carbocycles. The molecule has 1 heterocycles. The lowest BCUT2D eigenvalue weighted by Crippen LogP contribution is -2.26. The third-order valence-electron chi connectivity index (χ3n) is 3.28. The van der Waals surface area contributed by atoms with Crippen molar-refractivity contribution in [2.24, 2.45) is 0 Å². The fourth-order valence-corrected chi connectivity index (χ4v) is 2.32. The Balaban J connectivity index is 2.31. The summed E-state index contributed by atoms with van der Waals surface area (Å²) in [6, 6.07) is 8.79. The van der Waals surface area contributed by atoms with E-state index in [0.717, 1.165) is 37.2 Å². The molecule has 0 spiro atoms. The van der Waals surface area contributed by atoms with Gasteiger partial charge in [0.25, 0.3) is 0 Å². The Morgan fingerprint density at radius 3 is 2.55 bits per heavy atom. The molecular formula is C16H22FN3. The van der Waals surface area contributed by atoms with Crippen LogP contribution in [0.5, 0.6) is 0 Å². The number of halogens is 1. The average Bonchev–Trinajstić information content (AvgIpc) is 2.90. The second kappa shape index (κ2) is 7.20. The zero-order valence-electron chi connectivity index (χ0n) is 12.1. The molecule has 1 unspecified atom stereocenters. The topological polar surface area (TPSA) is 29.9 Å². The van der Waals surface area contributed by atoms with Crippen molar-refractivity contribution in [3.63, 3.8) is 0 Å². The molecule has 1 aromatic carbocycles. The molecule has 20 heavy (non-hydrogen) atoms. The maximum absolute atomic E-state index is 13.1. The van der Waals surface area contributed by atoms with Crippen molar-refractivity contribution in [3.05, 3.63) is 53.6 Å². The summed E-state index contributed by atoms with van der Waals surface area (Å²) in [5.41, 5.74) is 2.20. The van der Waals surface area contributed by atoms with Gasteiger partial charge in [0.15, 0.2) is 0 Å². The van der Waals surface area contributed by atoms with Crippen LogP contribution < -0.4 is 5.32 Å². The number of hydrogen-bond acceptors (Lipinski definition) is 2. The van der Waals surface area contributed by atoms with Gasteiger partial charge in [-0.25, -0.2) is 4.39 Å². The van der Waals surface area contributed by atoms with Crippen LogP contribution in [0.3, 0.4) is 0 Å². The van der Waals surface area contributed by atoms with Crippen molar-refractivity contribution >= 4 is 0 Å². The molecule has 108 valence electrons. The maximum Gasteiger partial charge on any atom is 0.123 e. The third-order valence-corrected chi connectivity index (χ3v) is 3.28. The van der Waals surface area contributed by atoms with Crippen LogP contribution >= 0.6 is 0 Å². The van der Waals surface area contributed by atoms with E-state index in [1.165, 1.54) is 12.1 Å². The second-order valence-electron chi connectivity index (χ2n) is 4.92. The van der Waals surface area contributed by atoms with Crippen LogP contribution in [0.15, 0.2) is 36.5 Å². The van der Waals surface area contributed by atoms with Crippen LogP contribution in [0.4, 0.5) is 4.39 Å². The Labute approximate surface area is 119 Å². The van der Waals surface area contributed by atoms with Crippen LogP contribution in [0.1, 0.15) is 44.0 Å². The highest BCUT2D eigenvalue weighted by atomic mass is 19.1. The highest BCUT2D eigenvalue weighted by Gasteiger charge is 2.17. The van der Waals surface area contributed by atoms with Gasteiger partial charge in [0.1, 0.15) is 5.82 Å². The molecule has 2 rings (SSSR count). The third kappa shape index (κ3) is 3.45. The number of nitrogens with one attached hydrogen (secondary N) is 1. The molecule has 4 heteroatoms. The smallest absolute Gasteiger partial charge is 0.123 e. The Bertz CT molecular complexity index is 519. The zero-order valence-corrected chi connectivity index (χ0v) is 12.1. The number of aryl methyl sites for hydroxylation is 1. The molecular weight excluding hydrogens is 253 g/mol. The molecule has 0 amide bonds. The maximum atomic E-state index is 13.1. The Morgan fingerprint density at radius 2 is 1.90 bits per heavy atom. The quantitative estimate of drug-likeness (QED) is 0.838. The Morgan fingerprint density at radius 1 is 1.15 bits per heavy atom. The largest absolute Gasteiger partial charge is 0.305 e. The van der Waals surface area contributed by atoms with Crippen molar-refractivity contribution in [1.29, 1.82) is 0 Å². The lowest BCUT2D eigenvalue weighted by atomic mass is 10.0. The first kappa shape index (κ1) is 14.7. The van der Waals surface area contributed by atoms with Crippen molar-refractivity contribution in [1.82, 2.24) is 15.1 Å². The van der Waals surface area contributed by atoms with E-state index in [1.54, 1.807) is 0 Å². The highest BCUT2D eigenvalue weighted by molar-refractivity contribution is 5.28. The van der Waals surface area contributed by atoms with Crippen molar-refractivity contribution in [2.45, 2.75) is 39.3 Å². The molecule has 0 radical (unpaired) electrons. The van der Waals surface area contributed by atoms with Gasteiger partial charge < -0.3 is 5.32 Å². The highest BCUT2D eigenvalue weighted by Crippen LogP contribution is 2.22. The zero-order chi connectivity index (χ0) is 14.4. The molecule has 1 aromatic heterocycles. The van der Waals surface area contributed by atoms with Gasteiger partial charge in [0.05, 0.1) is 11.7 Å². The molecule has 0 aliphatic rings. The van der Waals surface area contributed by atoms with Gasteiger partial charge in [-0.1, -0.05) is 26.0 Å². The fourth-order valence-electron chi connectivity index (χ4n) is 2.32. The van der Waals surface area contributed by atoms with E-state index in [4.69, 9.17) is 0 Å². The van der Waals surface area contributed by atoms with Crippen LogP contribution in [-0.2, 0) is 6.54 Å². The standard InChI is InChI=1S/C16H22FN3/c1-3-10-18-16(13-5-7-14(17)8-6-13)15-9-11-19-20(15)12-4-2/h5-9,11,16,18H,3-4,10,12H2,1-2H3. The van der Waals surface area contributed by atoms with Crippen LogP contribution in [0.25, 0.3) is 0 Å². The number of rotatable bonds is 7. The fraction of sp³-hybridized carbons (Fsp3) is 0.438. The molecule has 0 saturated carbocycles. The Kier molecular flexibility index (Phi) is 5.30. The number of aromatic nitrogens is 2. The Hall–Kier alpha value is -1.68. The molecule has 0 bridgehead atoms. The summed E-state index contributed by atoms with van der Waals surface area (Å²) in [5.74, 6) is -0.204. The van der Waals surface area contributed by atoms with Gasteiger partial charge in [0, 0.05) is 12.7 Å². The minimum absolute atomic E-state index is 0.0598. The number of nitrogens with zero attached hydrogens (tertiary/aromatic N) is 2. The van der Waals surface area contributed by atoms with Crippen molar-refractivity contribution in [3.8, 4) is 0 Å². The molecule has 0 saturated heterocycles. The van der Waals surface area contributed by atoms with Gasteiger partial charge in [-0.05, 0) is 43.1 Å². The number of benzene rings is 1. The van der Waals surface area contributed by atoms with E-state index in [2.05, 4.69) is 24.3 Å². The van der Waals surface area contributed by atoms with Gasteiger partial charge in [-0.15, -0.1) is 0 Å². The van der Waals surface area contributed by atoms with E-state index in [9.17, 15) is 4.39 Å². The summed E-state index contributed by atoms with van der Waals surface area (Å²) in [6.45, 7) is 6.09. The lowest BCUT2D eigenvalue weighted by molar-refractivity contribution is 0.511. The van der Waals surface area contributed by atoms with Gasteiger partial charge in [-0.2, -0.15) is 5.10 Å².